The molecule has 0 bridgehead atoms. The molecule has 2 N–H and O–H groups in total. The van der Waals surface area contributed by atoms with Crippen LogP contribution in [0.25, 0.3) is 0 Å². The number of likely N-dealkylation sites (tertiary alicyclic amines) is 1. The van der Waals surface area contributed by atoms with Crippen LogP contribution in [0.1, 0.15) is 48.8 Å². The summed E-state index contributed by atoms with van der Waals surface area (Å²) in [6.07, 6.45) is 8.79. The Morgan fingerprint density at radius 1 is 1.12 bits per heavy atom. The van der Waals surface area contributed by atoms with Gasteiger partial charge in [0.2, 0.25) is 5.91 Å². The molecule has 166 valence electrons. The monoisotopic (exact) mass is 428 g/mol. The fraction of sp³-hybridized carbons (Fsp3) is 0.464. The topological polar surface area (TPSA) is 52.6 Å². The summed E-state index contributed by atoms with van der Waals surface area (Å²) in [5.74, 6) is 1.32. The van der Waals surface area contributed by atoms with E-state index in [0.29, 0.717) is 12.3 Å². The van der Waals surface area contributed by atoms with Gasteiger partial charge in [0.05, 0.1) is 0 Å². The molecule has 4 heteroatoms. The van der Waals surface area contributed by atoms with Crippen molar-refractivity contribution >= 4 is 5.91 Å². The molecule has 1 saturated carbocycles. The summed E-state index contributed by atoms with van der Waals surface area (Å²) < 4.78 is 0. The van der Waals surface area contributed by atoms with Gasteiger partial charge in [-0.2, -0.15) is 0 Å². The number of rotatable bonds is 5. The van der Waals surface area contributed by atoms with Gasteiger partial charge in [-0.15, -0.1) is 0 Å². The molecule has 3 aliphatic carbocycles. The molecular weight excluding hydrogens is 396 g/mol. The van der Waals surface area contributed by atoms with Gasteiger partial charge in [-0.3, -0.25) is 4.79 Å². The smallest absolute Gasteiger partial charge is 0.247 e. The maximum atomic E-state index is 13.2. The Hall–Kier alpha value is -2.59. The van der Waals surface area contributed by atoms with Gasteiger partial charge in [-0.25, -0.2) is 0 Å². The van der Waals surface area contributed by atoms with Crippen LogP contribution in [0.5, 0.6) is 5.75 Å². The molecule has 2 atom stereocenters. The second kappa shape index (κ2) is 7.48. The van der Waals surface area contributed by atoms with Crippen molar-refractivity contribution in [2.24, 2.45) is 11.3 Å². The molecule has 1 heterocycles. The van der Waals surface area contributed by atoms with E-state index in [0.717, 1.165) is 55.8 Å². The number of carbonyl (C=O) groups is 1. The molecule has 2 aromatic carbocycles. The summed E-state index contributed by atoms with van der Waals surface area (Å²) in [5, 5.41) is 13.4. The number of allylic oxidation sites excluding steroid dienone is 1. The molecule has 4 aliphatic rings. The van der Waals surface area contributed by atoms with Crippen LogP contribution in [-0.4, -0.2) is 35.5 Å². The summed E-state index contributed by atoms with van der Waals surface area (Å²) in [6.45, 7) is 3.95. The van der Waals surface area contributed by atoms with Crippen LogP contribution in [0.15, 0.2) is 60.2 Å². The molecule has 1 saturated heterocycles. The molecule has 0 spiro atoms. The number of benzene rings is 2. The normalized spacial score (nSPS) is 28.9. The number of piperidine rings is 1. The molecule has 4 nitrogen and oxygen atoms in total. The Morgan fingerprint density at radius 2 is 1.97 bits per heavy atom. The lowest BCUT2D eigenvalue weighted by molar-refractivity contribution is -0.118. The van der Waals surface area contributed by atoms with Crippen LogP contribution in [0.3, 0.4) is 0 Å². The first-order chi connectivity index (χ1) is 15.6. The first kappa shape index (κ1) is 20.0. The van der Waals surface area contributed by atoms with Crippen molar-refractivity contribution in [2.45, 2.75) is 50.5 Å². The molecule has 0 aromatic heterocycles. The van der Waals surface area contributed by atoms with E-state index in [-0.39, 0.29) is 16.7 Å². The molecule has 1 aliphatic heterocycles. The fourth-order valence-electron chi connectivity index (χ4n) is 6.78. The van der Waals surface area contributed by atoms with Crippen molar-refractivity contribution in [1.29, 1.82) is 0 Å². The van der Waals surface area contributed by atoms with Crippen molar-refractivity contribution in [3.8, 4) is 5.75 Å². The summed E-state index contributed by atoms with van der Waals surface area (Å²) in [5.41, 5.74) is 4.87. The Labute approximate surface area is 190 Å². The Balaban J connectivity index is 1.29. The standard InChI is InChI=1S/C28H32N2O2/c31-24-9-8-22-15-27-16-23(26(32)29-17-20-4-2-1-3-5-20)10-11-28(27,25(22)14-24)12-13-30(19-27)18-21-6-7-21/h1-5,8-10,14,21,31H,6-7,11-13,15-19H2,(H,29,32)/t27-,28?/m0/s1. The zero-order chi connectivity index (χ0) is 21.8. The molecule has 0 radical (unpaired) electrons. The van der Waals surface area contributed by atoms with E-state index in [1.807, 2.05) is 30.3 Å². The highest BCUT2D eigenvalue weighted by Gasteiger charge is 2.61. The number of phenols is 1. The maximum Gasteiger partial charge on any atom is 0.247 e. The van der Waals surface area contributed by atoms with Crippen molar-refractivity contribution in [2.75, 3.05) is 19.6 Å². The van der Waals surface area contributed by atoms with Gasteiger partial charge < -0.3 is 15.3 Å². The van der Waals surface area contributed by atoms with E-state index >= 15 is 0 Å². The largest absolute Gasteiger partial charge is 0.508 e. The minimum absolute atomic E-state index is 0.0460. The van der Waals surface area contributed by atoms with E-state index in [1.54, 1.807) is 0 Å². The summed E-state index contributed by atoms with van der Waals surface area (Å²) >= 11 is 0. The highest BCUT2D eigenvalue weighted by atomic mass is 16.3. The predicted octanol–water partition coefficient (Wildman–Crippen LogP) is 4.32. The quantitative estimate of drug-likeness (QED) is 0.746. The Morgan fingerprint density at radius 3 is 2.78 bits per heavy atom. The predicted molar refractivity (Wildman–Crippen MR) is 125 cm³/mol. The minimum atomic E-state index is 0.0460. The number of nitrogens with one attached hydrogen (secondary N) is 1. The number of hydrogen-bond donors (Lipinski definition) is 2. The molecule has 1 unspecified atom stereocenters. The lowest BCUT2D eigenvalue weighted by Gasteiger charge is -2.55. The lowest BCUT2D eigenvalue weighted by atomic mass is 9.53. The average Bonchev–Trinajstić information content (AvgIpc) is 3.57. The number of aromatic hydroxyl groups is 1. The highest BCUT2D eigenvalue weighted by Crippen LogP contribution is 2.63. The fourth-order valence-corrected chi connectivity index (χ4v) is 6.78. The number of carbonyl (C=O) groups excluding carboxylic acids is 1. The Kier molecular flexibility index (Phi) is 4.69. The Bertz CT molecular complexity index is 1070. The number of hydrogen-bond acceptors (Lipinski definition) is 3. The summed E-state index contributed by atoms with van der Waals surface area (Å²) in [6, 6.07) is 16.1. The van der Waals surface area contributed by atoms with E-state index in [1.165, 1.54) is 30.5 Å². The van der Waals surface area contributed by atoms with E-state index in [4.69, 9.17) is 0 Å². The van der Waals surface area contributed by atoms with Crippen LogP contribution in [-0.2, 0) is 23.2 Å². The third-order valence-electron chi connectivity index (χ3n) is 8.56. The number of fused-ring (bicyclic) bond motifs is 1. The third kappa shape index (κ3) is 3.27. The van der Waals surface area contributed by atoms with Crippen LogP contribution >= 0.6 is 0 Å². The van der Waals surface area contributed by atoms with Gasteiger partial charge in [-0.1, -0.05) is 42.5 Å². The van der Waals surface area contributed by atoms with Crippen molar-refractivity contribution in [3.63, 3.8) is 0 Å². The SMILES string of the molecule is O=C(NCc1ccccc1)C1=CCC23CCN(CC4CC4)C[C@@]2(C1)Cc1ccc(O)cc13. The first-order valence-corrected chi connectivity index (χ1v) is 12.1. The summed E-state index contributed by atoms with van der Waals surface area (Å²) in [4.78, 5) is 15.9. The van der Waals surface area contributed by atoms with Crippen LogP contribution in [0.4, 0.5) is 0 Å². The average molecular weight is 429 g/mol. The third-order valence-corrected chi connectivity index (χ3v) is 8.56. The van der Waals surface area contributed by atoms with Gasteiger partial charge >= 0.3 is 0 Å². The van der Waals surface area contributed by atoms with Crippen LogP contribution < -0.4 is 5.32 Å². The number of amides is 1. The van der Waals surface area contributed by atoms with Crippen molar-refractivity contribution in [1.82, 2.24) is 10.2 Å². The van der Waals surface area contributed by atoms with Gasteiger partial charge in [0.15, 0.2) is 0 Å². The van der Waals surface area contributed by atoms with Crippen molar-refractivity contribution in [3.05, 3.63) is 76.9 Å². The van der Waals surface area contributed by atoms with E-state index in [9.17, 15) is 9.90 Å². The van der Waals surface area contributed by atoms with Gasteiger partial charge in [-0.05, 0) is 79.8 Å². The maximum absolute atomic E-state index is 13.2. The molecule has 2 aromatic rings. The van der Waals surface area contributed by atoms with Gasteiger partial charge in [0.1, 0.15) is 5.75 Å². The van der Waals surface area contributed by atoms with Gasteiger partial charge in [0.25, 0.3) is 0 Å². The molecule has 1 amide bonds. The zero-order valence-electron chi connectivity index (χ0n) is 18.6. The van der Waals surface area contributed by atoms with E-state index < -0.39 is 0 Å². The number of phenolic OH excluding ortho intramolecular Hbond substituents is 1. The zero-order valence-corrected chi connectivity index (χ0v) is 18.6. The molecule has 2 fully saturated rings. The molecule has 32 heavy (non-hydrogen) atoms. The van der Waals surface area contributed by atoms with Crippen LogP contribution in [0, 0.1) is 11.3 Å². The second-order valence-corrected chi connectivity index (χ2v) is 10.6. The number of nitrogens with zero attached hydrogens (tertiary/aromatic N) is 1. The van der Waals surface area contributed by atoms with Crippen molar-refractivity contribution < 1.29 is 9.90 Å². The summed E-state index contributed by atoms with van der Waals surface area (Å²) in [7, 11) is 0. The van der Waals surface area contributed by atoms with Gasteiger partial charge in [0, 0.05) is 36.0 Å². The second-order valence-electron chi connectivity index (χ2n) is 10.6. The molecule has 6 rings (SSSR count). The van der Waals surface area contributed by atoms with E-state index in [2.05, 4.69) is 34.5 Å². The minimum Gasteiger partial charge on any atom is -0.508 e. The first-order valence-electron chi connectivity index (χ1n) is 12.1. The highest BCUT2D eigenvalue weighted by molar-refractivity contribution is 5.94. The van der Waals surface area contributed by atoms with Crippen LogP contribution in [0.2, 0.25) is 0 Å². The molecular formula is C28H32N2O2. The lowest BCUT2D eigenvalue weighted by Crippen LogP contribution is -2.58.